The fourth-order valence-electron chi connectivity index (χ4n) is 1.61. The van der Waals surface area contributed by atoms with Crippen molar-refractivity contribution in [3.8, 4) is 0 Å². The van der Waals surface area contributed by atoms with Crippen LogP contribution in [0.3, 0.4) is 0 Å². The summed E-state index contributed by atoms with van der Waals surface area (Å²) in [4.78, 5) is 21.7. The van der Waals surface area contributed by atoms with E-state index in [2.05, 4.69) is 4.74 Å². The summed E-state index contributed by atoms with van der Waals surface area (Å²) >= 11 is 0. The molecule has 0 radical (unpaired) electrons. The molecule has 20 heavy (non-hydrogen) atoms. The minimum absolute atomic E-state index is 0.712. The molecular formula is C10H16O10. The topological polar surface area (TPSA) is 174 Å². The van der Waals surface area contributed by atoms with Crippen LogP contribution >= 0.6 is 0 Å². The molecule has 1 rings (SSSR count). The van der Waals surface area contributed by atoms with E-state index in [1.807, 2.05) is 0 Å². The van der Waals surface area contributed by atoms with Crippen LogP contribution in [0.5, 0.6) is 0 Å². The number of ether oxygens (including phenoxy) is 2. The van der Waals surface area contributed by atoms with Gasteiger partial charge in [-0.3, -0.25) is 4.79 Å². The quantitative estimate of drug-likeness (QED) is 0.276. The van der Waals surface area contributed by atoms with Crippen molar-refractivity contribution in [1.82, 2.24) is 0 Å². The van der Waals surface area contributed by atoms with Crippen molar-refractivity contribution in [1.29, 1.82) is 0 Å². The van der Waals surface area contributed by atoms with Crippen LogP contribution in [-0.4, -0.2) is 86.0 Å². The zero-order valence-corrected chi connectivity index (χ0v) is 10.2. The van der Waals surface area contributed by atoms with Crippen molar-refractivity contribution < 1.29 is 49.7 Å². The minimum atomic E-state index is -1.97. The number of carboxylic acids is 1. The number of aliphatic hydroxyl groups is 5. The Morgan fingerprint density at radius 1 is 1.15 bits per heavy atom. The molecular weight excluding hydrogens is 280 g/mol. The Morgan fingerprint density at radius 3 is 2.25 bits per heavy atom. The Bertz CT molecular complexity index is 356. The van der Waals surface area contributed by atoms with Gasteiger partial charge in [-0.15, -0.1) is 0 Å². The standard InChI is InChI=1S/C10H16O10/c11-2-4-6(15)7(16)8(17)10(19-4)20-9(18)3(12)1-5(13)14/h3-4,6-8,10-12,15-17H,1-2H2,(H,13,14)/t3?,4-,6-,7+,8-,10?/m1/s1. The second-order valence-corrected chi connectivity index (χ2v) is 4.25. The molecule has 1 heterocycles. The maximum Gasteiger partial charge on any atom is 0.337 e. The molecule has 6 N–H and O–H groups in total. The maximum atomic E-state index is 11.3. The molecule has 1 aliphatic heterocycles. The van der Waals surface area contributed by atoms with Gasteiger partial charge in [0.05, 0.1) is 13.0 Å². The molecule has 0 aromatic rings. The number of carbonyl (C=O) groups excluding carboxylic acids is 1. The molecule has 1 fully saturated rings. The average Bonchev–Trinajstić information content (AvgIpc) is 2.38. The van der Waals surface area contributed by atoms with Gasteiger partial charge in [-0.05, 0) is 0 Å². The first-order valence-corrected chi connectivity index (χ1v) is 5.68. The van der Waals surface area contributed by atoms with Crippen LogP contribution in [0.2, 0.25) is 0 Å². The van der Waals surface area contributed by atoms with Gasteiger partial charge in [-0.1, -0.05) is 0 Å². The van der Waals surface area contributed by atoms with Gasteiger partial charge in [0.25, 0.3) is 0 Å². The molecule has 0 bridgehead atoms. The highest BCUT2D eigenvalue weighted by Crippen LogP contribution is 2.22. The van der Waals surface area contributed by atoms with Gasteiger partial charge in [-0.25, -0.2) is 4.79 Å². The van der Waals surface area contributed by atoms with Crippen LogP contribution in [-0.2, 0) is 19.1 Å². The van der Waals surface area contributed by atoms with E-state index in [4.69, 9.17) is 14.9 Å². The average molecular weight is 296 g/mol. The maximum absolute atomic E-state index is 11.3. The zero-order valence-electron chi connectivity index (χ0n) is 10.2. The molecule has 6 atom stereocenters. The Balaban J connectivity index is 2.66. The molecule has 2 unspecified atom stereocenters. The van der Waals surface area contributed by atoms with Gasteiger partial charge >= 0.3 is 11.9 Å². The summed E-state index contributed by atoms with van der Waals surface area (Å²) in [6.07, 6.45) is -11.1. The van der Waals surface area contributed by atoms with Crippen molar-refractivity contribution in [3.05, 3.63) is 0 Å². The number of esters is 1. The summed E-state index contributed by atoms with van der Waals surface area (Å²) in [5, 5.41) is 54.9. The second-order valence-electron chi connectivity index (χ2n) is 4.25. The lowest BCUT2D eigenvalue weighted by atomic mass is 9.99. The highest BCUT2D eigenvalue weighted by atomic mass is 16.7. The van der Waals surface area contributed by atoms with E-state index in [1.165, 1.54) is 0 Å². The normalized spacial score (nSPS) is 35.4. The van der Waals surface area contributed by atoms with Crippen molar-refractivity contribution in [2.24, 2.45) is 0 Å². The first-order chi connectivity index (χ1) is 9.27. The fraction of sp³-hybridized carbons (Fsp3) is 0.800. The Kier molecular flexibility index (Phi) is 5.80. The SMILES string of the molecule is O=C(O)CC(O)C(=O)OC1O[C@H](CO)[C@@H](O)[C@H](O)[C@H]1O. The van der Waals surface area contributed by atoms with E-state index in [1.54, 1.807) is 0 Å². The Hall–Kier alpha value is -1.30. The summed E-state index contributed by atoms with van der Waals surface area (Å²) < 4.78 is 9.36. The van der Waals surface area contributed by atoms with Crippen LogP contribution in [0.1, 0.15) is 6.42 Å². The van der Waals surface area contributed by atoms with Gasteiger partial charge in [-0.2, -0.15) is 0 Å². The van der Waals surface area contributed by atoms with Crippen LogP contribution in [0, 0.1) is 0 Å². The van der Waals surface area contributed by atoms with Gasteiger partial charge in [0.2, 0.25) is 6.29 Å². The van der Waals surface area contributed by atoms with Crippen molar-refractivity contribution >= 4 is 11.9 Å². The molecule has 10 heteroatoms. The molecule has 0 aliphatic carbocycles. The van der Waals surface area contributed by atoms with Gasteiger partial charge in [0.15, 0.2) is 6.10 Å². The molecule has 0 aromatic carbocycles. The largest absolute Gasteiger partial charge is 0.481 e. The predicted molar refractivity (Wildman–Crippen MR) is 58.1 cm³/mol. The van der Waals surface area contributed by atoms with Crippen molar-refractivity contribution in [2.45, 2.75) is 43.2 Å². The minimum Gasteiger partial charge on any atom is -0.481 e. The molecule has 1 aliphatic rings. The smallest absolute Gasteiger partial charge is 0.337 e. The first kappa shape index (κ1) is 16.8. The Morgan fingerprint density at radius 2 is 1.75 bits per heavy atom. The Labute approximate surface area is 112 Å². The fourth-order valence-corrected chi connectivity index (χ4v) is 1.61. The van der Waals surface area contributed by atoms with E-state index in [-0.39, 0.29) is 0 Å². The van der Waals surface area contributed by atoms with Crippen LogP contribution < -0.4 is 0 Å². The van der Waals surface area contributed by atoms with Crippen LogP contribution in [0.25, 0.3) is 0 Å². The number of rotatable bonds is 5. The summed E-state index contributed by atoms with van der Waals surface area (Å²) in [5.41, 5.74) is 0. The summed E-state index contributed by atoms with van der Waals surface area (Å²) in [5.74, 6) is -2.82. The van der Waals surface area contributed by atoms with E-state index in [9.17, 15) is 30.0 Å². The lowest BCUT2D eigenvalue weighted by molar-refractivity contribution is -0.294. The third kappa shape index (κ3) is 3.85. The van der Waals surface area contributed by atoms with E-state index in [0.29, 0.717) is 0 Å². The number of carbonyl (C=O) groups is 2. The lowest BCUT2D eigenvalue weighted by Gasteiger charge is -2.39. The van der Waals surface area contributed by atoms with E-state index >= 15 is 0 Å². The molecule has 1 saturated heterocycles. The molecule has 116 valence electrons. The summed E-state index contributed by atoms with van der Waals surface area (Å²) in [6, 6.07) is 0. The molecule has 0 spiro atoms. The zero-order chi connectivity index (χ0) is 15.4. The van der Waals surface area contributed by atoms with E-state index < -0.39 is 61.8 Å². The van der Waals surface area contributed by atoms with Gasteiger partial charge in [0.1, 0.15) is 24.4 Å². The summed E-state index contributed by atoms with van der Waals surface area (Å²) in [6.45, 7) is -0.712. The highest BCUT2D eigenvalue weighted by molar-refractivity contribution is 5.80. The number of aliphatic hydroxyl groups excluding tert-OH is 5. The number of carboxylic acid groups (broad SMARTS) is 1. The highest BCUT2D eigenvalue weighted by Gasteiger charge is 2.45. The van der Waals surface area contributed by atoms with Crippen molar-refractivity contribution in [3.63, 3.8) is 0 Å². The molecule has 10 nitrogen and oxygen atoms in total. The van der Waals surface area contributed by atoms with Gasteiger partial charge in [0, 0.05) is 0 Å². The number of hydrogen-bond acceptors (Lipinski definition) is 9. The van der Waals surface area contributed by atoms with Crippen LogP contribution in [0.15, 0.2) is 0 Å². The number of hydrogen-bond donors (Lipinski definition) is 6. The summed E-state index contributed by atoms with van der Waals surface area (Å²) in [7, 11) is 0. The predicted octanol–water partition coefficient (Wildman–Crippen LogP) is -3.83. The second kappa shape index (κ2) is 6.92. The van der Waals surface area contributed by atoms with E-state index in [0.717, 1.165) is 0 Å². The monoisotopic (exact) mass is 296 g/mol. The third-order valence-electron chi connectivity index (χ3n) is 2.72. The lowest BCUT2D eigenvalue weighted by Crippen LogP contribution is -2.59. The molecule has 0 saturated carbocycles. The number of aliphatic carboxylic acids is 1. The van der Waals surface area contributed by atoms with Crippen molar-refractivity contribution in [2.75, 3.05) is 6.61 Å². The molecule has 0 aromatic heterocycles. The third-order valence-corrected chi connectivity index (χ3v) is 2.72. The van der Waals surface area contributed by atoms with Crippen LogP contribution in [0.4, 0.5) is 0 Å². The molecule has 0 amide bonds. The van der Waals surface area contributed by atoms with Gasteiger partial charge < -0.3 is 40.1 Å². The first-order valence-electron chi connectivity index (χ1n) is 5.68.